The Labute approximate surface area is 142 Å². The smallest absolute Gasteiger partial charge is 0.292 e. The normalized spacial score (nSPS) is 24.0. The first-order valence-electron chi connectivity index (χ1n) is 7.93. The van der Waals surface area contributed by atoms with E-state index in [4.69, 9.17) is 14.7 Å². The van der Waals surface area contributed by atoms with Crippen molar-refractivity contribution in [3.8, 4) is 6.07 Å². The van der Waals surface area contributed by atoms with Crippen molar-refractivity contribution >= 4 is 11.4 Å². The molecule has 1 saturated carbocycles. The minimum absolute atomic E-state index is 0.0126. The number of nitrogens with zero attached hydrogens (tertiary/aromatic N) is 2. The zero-order valence-electron chi connectivity index (χ0n) is 13.3. The van der Waals surface area contributed by atoms with Gasteiger partial charge in [0, 0.05) is 37.8 Å². The van der Waals surface area contributed by atoms with E-state index in [0.29, 0.717) is 13.2 Å². The van der Waals surface area contributed by atoms with E-state index in [9.17, 15) is 18.9 Å². The Balaban J connectivity index is 1.77. The molecule has 0 aromatic heterocycles. The molecule has 134 valence electrons. The summed E-state index contributed by atoms with van der Waals surface area (Å²) in [5, 5.41) is 22.7. The van der Waals surface area contributed by atoms with Crippen molar-refractivity contribution in [2.45, 2.75) is 31.0 Å². The lowest BCUT2D eigenvalue weighted by Gasteiger charge is -2.41. The van der Waals surface area contributed by atoms with Gasteiger partial charge in [-0.2, -0.15) is 5.26 Å². The standard InChI is InChI=1S/C16H17F2N3O4/c17-16(18)4-3-15(24-5-6-25-15)8-12(16)10-20-13-7-11(9-19)1-2-14(13)21(22)23/h1-2,7,12,20H,3-6,8,10H2/t12-/m1/s1. The molecule has 1 aliphatic heterocycles. The quantitative estimate of drug-likeness (QED) is 0.660. The third kappa shape index (κ3) is 3.55. The zero-order chi connectivity index (χ0) is 18.1. The van der Waals surface area contributed by atoms with E-state index in [1.54, 1.807) is 0 Å². The van der Waals surface area contributed by atoms with Gasteiger partial charge < -0.3 is 14.8 Å². The van der Waals surface area contributed by atoms with Crippen LogP contribution in [0.4, 0.5) is 20.2 Å². The van der Waals surface area contributed by atoms with Crippen molar-refractivity contribution in [3.05, 3.63) is 33.9 Å². The summed E-state index contributed by atoms with van der Waals surface area (Å²) >= 11 is 0. The Kier molecular flexibility index (Phi) is 4.58. The van der Waals surface area contributed by atoms with Crippen molar-refractivity contribution in [3.63, 3.8) is 0 Å². The molecule has 2 aliphatic rings. The van der Waals surface area contributed by atoms with E-state index in [0.717, 1.165) is 0 Å². The van der Waals surface area contributed by atoms with Gasteiger partial charge in [-0.05, 0) is 12.1 Å². The number of alkyl halides is 2. The number of ether oxygens (including phenoxy) is 2. The van der Waals surface area contributed by atoms with Gasteiger partial charge in [-0.1, -0.05) is 0 Å². The van der Waals surface area contributed by atoms with Gasteiger partial charge in [0.15, 0.2) is 5.79 Å². The molecule has 0 bridgehead atoms. The van der Waals surface area contributed by atoms with Gasteiger partial charge in [0.2, 0.25) is 0 Å². The molecule has 1 aromatic carbocycles. The van der Waals surface area contributed by atoms with E-state index >= 15 is 0 Å². The number of nitro groups is 1. The fourth-order valence-electron chi connectivity index (χ4n) is 3.31. The summed E-state index contributed by atoms with van der Waals surface area (Å²) in [6.07, 6.45) is -0.223. The Morgan fingerprint density at radius 1 is 1.36 bits per heavy atom. The SMILES string of the molecule is N#Cc1ccc([N+](=O)[O-])c(NC[C@H]2CC3(CCC2(F)F)OCCO3)c1. The minimum Gasteiger partial charge on any atom is -0.379 e. The van der Waals surface area contributed by atoms with Crippen LogP contribution in [0, 0.1) is 27.4 Å². The minimum atomic E-state index is -2.92. The number of anilines is 1. The summed E-state index contributed by atoms with van der Waals surface area (Å²) < 4.78 is 39.6. The summed E-state index contributed by atoms with van der Waals surface area (Å²) in [6, 6.07) is 5.66. The Hall–Kier alpha value is -2.31. The highest BCUT2D eigenvalue weighted by atomic mass is 19.3. The molecular formula is C16H17F2N3O4. The maximum absolute atomic E-state index is 14.3. The van der Waals surface area contributed by atoms with Crippen LogP contribution in [-0.2, 0) is 9.47 Å². The van der Waals surface area contributed by atoms with Crippen molar-refractivity contribution in [2.75, 3.05) is 25.1 Å². The van der Waals surface area contributed by atoms with Crippen molar-refractivity contribution in [2.24, 2.45) is 5.92 Å². The van der Waals surface area contributed by atoms with E-state index in [1.165, 1.54) is 18.2 Å². The Morgan fingerprint density at radius 3 is 2.72 bits per heavy atom. The van der Waals surface area contributed by atoms with E-state index in [2.05, 4.69) is 5.32 Å². The highest BCUT2D eigenvalue weighted by Gasteiger charge is 2.53. The van der Waals surface area contributed by atoms with Crippen LogP contribution in [0.1, 0.15) is 24.8 Å². The lowest BCUT2D eigenvalue weighted by molar-refractivity contribution is -0.384. The number of hydrogen-bond donors (Lipinski definition) is 1. The molecule has 1 spiro atoms. The molecular weight excluding hydrogens is 336 g/mol. The van der Waals surface area contributed by atoms with Gasteiger partial charge in [-0.25, -0.2) is 8.78 Å². The molecule has 0 unspecified atom stereocenters. The second-order valence-corrected chi connectivity index (χ2v) is 6.25. The highest BCUT2D eigenvalue weighted by Crippen LogP contribution is 2.46. The van der Waals surface area contributed by atoms with E-state index < -0.39 is 22.6 Å². The molecule has 2 fully saturated rings. The van der Waals surface area contributed by atoms with Crippen LogP contribution in [0.5, 0.6) is 0 Å². The van der Waals surface area contributed by atoms with Gasteiger partial charge in [-0.15, -0.1) is 0 Å². The first kappa shape index (κ1) is 17.5. The van der Waals surface area contributed by atoms with Gasteiger partial charge in [-0.3, -0.25) is 10.1 Å². The first-order valence-corrected chi connectivity index (χ1v) is 7.93. The number of benzene rings is 1. The molecule has 1 atom stereocenters. The number of halogens is 2. The predicted molar refractivity (Wildman–Crippen MR) is 83.2 cm³/mol. The van der Waals surface area contributed by atoms with Crippen molar-refractivity contribution in [1.29, 1.82) is 5.26 Å². The Bertz CT molecular complexity index is 714. The second kappa shape index (κ2) is 6.54. The van der Waals surface area contributed by atoms with Gasteiger partial charge >= 0.3 is 0 Å². The fraction of sp³-hybridized carbons (Fsp3) is 0.562. The van der Waals surface area contributed by atoms with E-state index in [-0.39, 0.29) is 42.7 Å². The third-order valence-corrected chi connectivity index (χ3v) is 4.67. The van der Waals surface area contributed by atoms with Crippen molar-refractivity contribution < 1.29 is 23.2 Å². The van der Waals surface area contributed by atoms with Crippen LogP contribution >= 0.6 is 0 Å². The molecule has 0 radical (unpaired) electrons. The number of rotatable bonds is 4. The summed E-state index contributed by atoms with van der Waals surface area (Å²) in [5.41, 5.74) is -0.00336. The number of nitro benzene ring substituents is 1. The van der Waals surface area contributed by atoms with Crippen LogP contribution in [-0.4, -0.2) is 36.4 Å². The number of nitriles is 1. The molecule has 0 amide bonds. The molecule has 1 heterocycles. The summed E-state index contributed by atoms with van der Waals surface area (Å²) in [6.45, 7) is 0.569. The van der Waals surface area contributed by atoms with Crippen molar-refractivity contribution in [1.82, 2.24) is 0 Å². The molecule has 3 rings (SSSR count). The lowest BCUT2D eigenvalue weighted by atomic mass is 9.81. The highest BCUT2D eigenvalue weighted by molar-refractivity contribution is 5.64. The maximum Gasteiger partial charge on any atom is 0.292 e. The second-order valence-electron chi connectivity index (χ2n) is 6.25. The lowest BCUT2D eigenvalue weighted by Crippen LogP contribution is -2.48. The van der Waals surface area contributed by atoms with Crippen LogP contribution in [0.3, 0.4) is 0 Å². The average Bonchev–Trinajstić information content (AvgIpc) is 3.04. The number of nitrogens with one attached hydrogen (secondary N) is 1. The largest absolute Gasteiger partial charge is 0.379 e. The molecule has 25 heavy (non-hydrogen) atoms. The van der Waals surface area contributed by atoms with E-state index in [1.807, 2.05) is 6.07 Å². The first-order chi connectivity index (χ1) is 11.9. The molecule has 9 heteroatoms. The molecule has 7 nitrogen and oxygen atoms in total. The molecule has 1 N–H and O–H groups in total. The summed E-state index contributed by atoms with van der Waals surface area (Å²) in [4.78, 5) is 10.5. The van der Waals surface area contributed by atoms with Gasteiger partial charge in [0.1, 0.15) is 5.69 Å². The Morgan fingerprint density at radius 2 is 2.08 bits per heavy atom. The van der Waals surface area contributed by atoms with Crippen LogP contribution in [0.15, 0.2) is 18.2 Å². The average molecular weight is 353 g/mol. The monoisotopic (exact) mass is 353 g/mol. The maximum atomic E-state index is 14.3. The third-order valence-electron chi connectivity index (χ3n) is 4.67. The fourth-order valence-corrected chi connectivity index (χ4v) is 3.31. The zero-order valence-corrected chi connectivity index (χ0v) is 13.3. The van der Waals surface area contributed by atoms with Gasteiger partial charge in [0.25, 0.3) is 11.6 Å². The summed E-state index contributed by atoms with van der Waals surface area (Å²) in [5.74, 6) is -4.99. The van der Waals surface area contributed by atoms with Crippen LogP contribution < -0.4 is 5.32 Å². The van der Waals surface area contributed by atoms with Crippen LogP contribution in [0.2, 0.25) is 0 Å². The van der Waals surface area contributed by atoms with Crippen LogP contribution in [0.25, 0.3) is 0 Å². The molecule has 1 aromatic rings. The predicted octanol–water partition coefficient (Wildman–Crippen LogP) is 3.06. The number of hydrogen-bond acceptors (Lipinski definition) is 6. The summed E-state index contributed by atoms with van der Waals surface area (Å²) in [7, 11) is 0. The van der Waals surface area contributed by atoms with Gasteiger partial charge in [0.05, 0.1) is 29.8 Å². The molecule has 1 saturated heterocycles. The topological polar surface area (TPSA) is 97.4 Å². The molecule has 1 aliphatic carbocycles.